The van der Waals surface area contributed by atoms with Crippen molar-refractivity contribution in [2.75, 3.05) is 0 Å². The molecule has 0 saturated heterocycles. The quantitative estimate of drug-likeness (QED) is 0.841. The summed E-state index contributed by atoms with van der Waals surface area (Å²) < 4.78 is 40.9. The maximum absolute atomic E-state index is 13.2. The summed E-state index contributed by atoms with van der Waals surface area (Å²) in [5.74, 6) is -3.39. The van der Waals surface area contributed by atoms with Crippen LogP contribution in [0.3, 0.4) is 0 Å². The molecule has 1 aromatic carbocycles. The van der Waals surface area contributed by atoms with E-state index < -0.39 is 29.7 Å². The molecule has 0 spiro atoms. The second-order valence-electron chi connectivity index (χ2n) is 2.75. The van der Waals surface area contributed by atoms with Crippen LogP contribution in [0, 0.1) is 5.82 Å². The van der Waals surface area contributed by atoms with Gasteiger partial charge in [0.1, 0.15) is 11.6 Å². The van der Waals surface area contributed by atoms with Crippen LogP contribution in [0.1, 0.15) is 15.9 Å². The van der Waals surface area contributed by atoms with Gasteiger partial charge in [-0.2, -0.15) is 8.78 Å². The highest BCUT2D eigenvalue weighted by Crippen LogP contribution is 2.24. The van der Waals surface area contributed by atoms with Crippen molar-refractivity contribution in [2.24, 2.45) is 0 Å². The van der Waals surface area contributed by atoms with Crippen molar-refractivity contribution in [3.05, 3.63) is 29.1 Å². The van der Waals surface area contributed by atoms with E-state index in [1.807, 2.05) is 0 Å². The molecule has 0 atom stereocenters. The van der Waals surface area contributed by atoms with Gasteiger partial charge in [-0.05, 0) is 6.07 Å². The molecule has 0 amide bonds. The monoisotopic (exact) mass is 254 g/mol. The van der Waals surface area contributed by atoms with Gasteiger partial charge in [-0.15, -0.1) is 11.6 Å². The van der Waals surface area contributed by atoms with Crippen LogP contribution in [0.4, 0.5) is 13.2 Å². The number of halogens is 4. The average Bonchev–Trinajstić information content (AvgIpc) is 2.15. The van der Waals surface area contributed by atoms with Crippen LogP contribution >= 0.6 is 11.6 Å². The molecule has 1 N–H and O–H groups in total. The molecule has 7 heteroatoms. The fourth-order valence-electron chi connectivity index (χ4n) is 1.11. The van der Waals surface area contributed by atoms with Gasteiger partial charge in [-0.1, -0.05) is 0 Å². The Hall–Kier alpha value is -1.43. The number of carboxylic acid groups (broad SMARTS) is 1. The number of hydrogen-bond acceptors (Lipinski definition) is 2. The Bertz CT molecular complexity index is 409. The van der Waals surface area contributed by atoms with Crippen molar-refractivity contribution >= 4 is 17.6 Å². The number of hydrogen-bond donors (Lipinski definition) is 1. The molecule has 1 rings (SSSR count). The maximum atomic E-state index is 13.2. The van der Waals surface area contributed by atoms with Gasteiger partial charge in [0.2, 0.25) is 0 Å². The smallest absolute Gasteiger partial charge is 0.387 e. The number of ether oxygens (including phenoxy) is 1. The fourth-order valence-corrected chi connectivity index (χ4v) is 1.38. The van der Waals surface area contributed by atoms with Gasteiger partial charge in [0.15, 0.2) is 0 Å². The average molecular weight is 255 g/mol. The lowest BCUT2D eigenvalue weighted by molar-refractivity contribution is -0.0500. The zero-order chi connectivity index (χ0) is 12.3. The molecule has 88 valence electrons. The van der Waals surface area contributed by atoms with Crippen LogP contribution in [-0.4, -0.2) is 17.7 Å². The van der Waals surface area contributed by atoms with Gasteiger partial charge in [-0.25, -0.2) is 9.18 Å². The minimum absolute atomic E-state index is 0.268. The van der Waals surface area contributed by atoms with E-state index in [2.05, 4.69) is 4.74 Å². The number of carboxylic acids is 1. The lowest BCUT2D eigenvalue weighted by Crippen LogP contribution is -2.08. The number of aromatic carboxylic acids is 1. The molecule has 0 aliphatic carbocycles. The molecule has 0 aromatic heterocycles. The zero-order valence-corrected chi connectivity index (χ0v) is 8.47. The SMILES string of the molecule is O=C(O)c1cc(OC(F)F)cc(F)c1CCl. The van der Waals surface area contributed by atoms with E-state index in [1.165, 1.54) is 0 Å². The Balaban J connectivity index is 3.22. The third-order valence-electron chi connectivity index (χ3n) is 1.76. The third-order valence-corrected chi connectivity index (χ3v) is 2.03. The Morgan fingerprint density at radius 3 is 2.56 bits per heavy atom. The highest BCUT2D eigenvalue weighted by molar-refractivity contribution is 6.17. The van der Waals surface area contributed by atoms with Crippen LogP contribution in [0.2, 0.25) is 0 Å². The Labute approximate surface area is 93.4 Å². The van der Waals surface area contributed by atoms with E-state index in [1.54, 1.807) is 0 Å². The first-order valence-corrected chi connectivity index (χ1v) is 4.55. The van der Waals surface area contributed by atoms with Crippen LogP contribution in [0.25, 0.3) is 0 Å². The van der Waals surface area contributed by atoms with Crippen LogP contribution in [0.5, 0.6) is 5.75 Å². The number of alkyl halides is 3. The van der Waals surface area contributed by atoms with Gasteiger partial charge in [0.25, 0.3) is 0 Å². The zero-order valence-electron chi connectivity index (χ0n) is 7.71. The molecule has 0 heterocycles. The van der Waals surface area contributed by atoms with Crippen molar-refractivity contribution in [2.45, 2.75) is 12.5 Å². The van der Waals surface area contributed by atoms with Gasteiger partial charge >= 0.3 is 12.6 Å². The van der Waals surface area contributed by atoms with Crippen LogP contribution in [-0.2, 0) is 5.88 Å². The second-order valence-corrected chi connectivity index (χ2v) is 3.02. The minimum atomic E-state index is -3.15. The maximum Gasteiger partial charge on any atom is 0.387 e. The molecule has 0 aliphatic rings. The number of benzene rings is 1. The second kappa shape index (κ2) is 5.07. The fraction of sp³-hybridized carbons (Fsp3) is 0.222. The topological polar surface area (TPSA) is 46.5 Å². The van der Waals surface area contributed by atoms with Crippen molar-refractivity contribution in [1.82, 2.24) is 0 Å². The van der Waals surface area contributed by atoms with E-state index in [4.69, 9.17) is 16.7 Å². The molecule has 3 nitrogen and oxygen atoms in total. The summed E-state index contributed by atoms with van der Waals surface area (Å²) in [6.45, 7) is -3.15. The summed E-state index contributed by atoms with van der Waals surface area (Å²) in [5, 5.41) is 8.71. The Kier molecular flexibility index (Phi) is 4.00. The highest BCUT2D eigenvalue weighted by Gasteiger charge is 2.17. The first-order valence-electron chi connectivity index (χ1n) is 4.02. The molecule has 0 fully saturated rings. The molecule has 0 bridgehead atoms. The standard InChI is InChI=1S/C9H6ClF3O3/c10-3-6-5(8(14)15)1-4(2-7(6)11)16-9(12)13/h1-2,9H,3H2,(H,14,15). The normalized spacial score (nSPS) is 10.6. The molecular weight excluding hydrogens is 249 g/mol. The largest absolute Gasteiger partial charge is 0.478 e. The predicted octanol–water partition coefficient (Wildman–Crippen LogP) is 2.86. The molecule has 0 unspecified atom stereocenters. The molecule has 1 aromatic rings. The van der Waals surface area contributed by atoms with Crippen molar-refractivity contribution in [3.8, 4) is 5.75 Å². The number of rotatable bonds is 4. The first kappa shape index (κ1) is 12.6. The van der Waals surface area contributed by atoms with E-state index in [-0.39, 0.29) is 11.4 Å². The summed E-state index contributed by atoms with van der Waals surface area (Å²) in [5.41, 5.74) is -0.763. The Morgan fingerprint density at radius 2 is 2.12 bits per heavy atom. The third kappa shape index (κ3) is 2.79. The number of carbonyl (C=O) groups is 1. The van der Waals surface area contributed by atoms with E-state index in [9.17, 15) is 18.0 Å². The van der Waals surface area contributed by atoms with Gasteiger partial charge in [0.05, 0.1) is 11.4 Å². The molecule has 0 radical (unpaired) electrons. The minimum Gasteiger partial charge on any atom is -0.478 e. The summed E-state index contributed by atoms with van der Waals surface area (Å²) in [6, 6.07) is 1.46. The van der Waals surface area contributed by atoms with E-state index >= 15 is 0 Å². The van der Waals surface area contributed by atoms with Crippen LogP contribution < -0.4 is 4.74 Å². The van der Waals surface area contributed by atoms with E-state index in [0.717, 1.165) is 6.07 Å². The molecular formula is C9H6ClF3O3. The highest BCUT2D eigenvalue weighted by atomic mass is 35.5. The summed E-state index contributed by atoms with van der Waals surface area (Å²) in [6.07, 6.45) is 0. The molecule has 0 saturated carbocycles. The first-order chi connectivity index (χ1) is 7.45. The molecule has 0 aliphatic heterocycles. The predicted molar refractivity (Wildman–Crippen MR) is 49.5 cm³/mol. The van der Waals surface area contributed by atoms with E-state index in [0.29, 0.717) is 6.07 Å². The lowest BCUT2D eigenvalue weighted by Gasteiger charge is -2.09. The van der Waals surface area contributed by atoms with Gasteiger partial charge < -0.3 is 9.84 Å². The Morgan fingerprint density at radius 1 is 1.50 bits per heavy atom. The summed E-state index contributed by atoms with van der Waals surface area (Å²) in [7, 11) is 0. The van der Waals surface area contributed by atoms with Crippen molar-refractivity contribution in [3.63, 3.8) is 0 Å². The summed E-state index contributed by atoms with van der Waals surface area (Å²) in [4.78, 5) is 10.7. The van der Waals surface area contributed by atoms with Crippen molar-refractivity contribution < 1.29 is 27.8 Å². The lowest BCUT2D eigenvalue weighted by atomic mass is 10.1. The summed E-state index contributed by atoms with van der Waals surface area (Å²) >= 11 is 5.35. The van der Waals surface area contributed by atoms with Crippen molar-refractivity contribution in [1.29, 1.82) is 0 Å². The van der Waals surface area contributed by atoms with Crippen LogP contribution in [0.15, 0.2) is 12.1 Å². The molecule has 16 heavy (non-hydrogen) atoms. The van der Waals surface area contributed by atoms with Gasteiger partial charge in [0, 0.05) is 11.6 Å². The van der Waals surface area contributed by atoms with Gasteiger partial charge in [-0.3, -0.25) is 0 Å².